The Balaban J connectivity index is 1.53. The van der Waals surface area contributed by atoms with Gasteiger partial charge in [-0.25, -0.2) is 4.68 Å². The number of carbonyl (C=O) groups excluding carboxylic acids is 1. The van der Waals surface area contributed by atoms with Gasteiger partial charge in [0.05, 0.1) is 11.3 Å². The third kappa shape index (κ3) is 3.22. The zero-order valence-electron chi connectivity index (χ0n) is 15.8. The van der Waals surface area contributed by atoms with Crippen LogP contribution in [0, 0.1) is 0 Å². The number of hydrogen-bond donors (Lipinski definition) is 1. The molecular formula is C23H24N4O. The van der Waals surface area contributed by atoms with E-state index in [1.165, 1.54) is 6.42 Å². The van der Waals surface area contributed by atoms with E-state index in [1.54, 1.807) is 0 Å². The highest BCUT2D eigenvalue weighted by Crippen LogP contribution is 2.27. The van der Waals surface area contributed by atoms with Gasteiger partial charge in [0.1, 0.15) is 5.69 Å². The Morgan fingerprint density at radius 2 is 1.64 bits per heavy atom. The highest BCUT2D eigenvalue weighted by Gasteiger charge is 2.33. The fraction of sp³-hybridized carbons (Fsp3) is 0.304. The molecule has 2 unspecified atom stereocenters. The standard InChI is InChI=1S/C23H24N4O/c28-23(26-14-13-18-11-12-19(15-26)24-18)21-16-27(20-9-5-2-6-10-20)25-22(21)17-7-3-1-4-8-17/h1-10,16,18-19,24H,11-15H2. The Morgan fingerprint density at radius 1 is 0.929 bits per heavy atom. The van der Waals surface area contributed by atoms with Crippen LogP contribution < -0.4 is 5.32 Å². The molecule has 0 aliphatic carbocycles. The third-order valence-electron chi connectivity index (χ3n) is 5.82. The maximum atomic E-state index is 13.5. The van der Waals surface area contributed by atoms with Crippen molar-refractivity contribution >= 4 is 5.91 Å². The van der Waals surface area contributed by atoms with Gasteiger partial charge in [-0.15, -0.1) is 0 Å². The fourth-order valence-electron chi connectivity index (χ4n) is 4.35. The Morgan fingerprint density at radius 3 is 2.43 bits per heavy atom. The van der Waals surface area contributed by atoms with Gasteiger partial charge in [-0.2, -0.15) is 5.10 Å². The quantitative estimate of drug-likeness (QED) is 0.765. The SMILES string of the molecule is O=C(c1cn(-c2ccccc2)nc1-c1ccccc1)N1CCC2CCC(C1)N2. The first-order valence-electron chi connectivity index (χ1n) is 10.0. The van der Waals surface area contributed by atoms with Crippen molar-refractivity contribution in [3.05, 3.63) is 72.4 Å². The number of aromatic nitrogens is 2. The van der Waals surface area contributed by atoms with Gasteiger partial charge < -0.3 is 10.2 Å². The first kappa shape index (κ1) is 17.2. The predicted octanol–water partition coefficient (Wildman–Crippen LogP) is 3.51. The van der Waals surface area contributed by atoms with Crippen molar-refractivity contribution in [1.29, 1.82) is 0 Å². The minimum absolute atomic E-state index is 0.0791. The molecule has 3 aromatic rings. The number of benzene rings is 2. The lowest BCUT2D eigenvalue weighted by Crippen LogP contribution is -2.39. The Kier molecular flexibility index (Phi) is 4.45. The number of para-hydroxylation sites is 1. The van der Waals surface area contributed by atoms with Gasteiger partial charge >= 0.3 is 0 Å². The summed E-state index contributed by atoms with van der Waals surface area (Å²) in [5.74, 6) is 0.0791. The molecule has 28 heavy (non-hydrogen) atoms. The lowest BCUT2D eigenvalue weighted by atomic mass is 10.1. The molecule has 5 nitrogen and oxygen atoms in total. The van der Waals surface area contributed by atoms with Crippen molar-refractivity contribution in [2.24, 2.45) is 0 Å². The second kappa shape index (κ2) is 7.24. The number of likely N-dealkylation sites (tertiary alicyclic amines) is 1. The Labute approximate surface area is 165 Å². The summed E-state index contributed by atoms with van der Waals surface area (Å²) in [6.45, 7) is 1.58. The van der Waals surface area contributed by atoms with Crippen molar-refractivity contribution < 1.29 is 4.79 Å². The molecule has 3 heterocycles. The van der Waals surface area contributed by atoms with Crippen LogP contribution in [0.5, 0.6) is 0 Å². The molecule has 2 aliphatic heterocycles. The molecule has 0 spiro atoms. The summed E-state index contributed by atoms with van der Waals surface area (Å²) >= 11 is 0. The minimum atomic E-state index is 0.0791. The van der Waals surface area contributed by atoms with E-state index in [0.29, 0.717) is 17.6 Å². The van der Waals surface area contributed by atoms with Crippen LogP contribution in [0.25, 0.3) is 16.9 Å². The topological polar surface area (TPSA) is 50.2 Å². The summed E-state index contributed by atoms with van der Waals surface area (Å²) in [5.41, 5.74) is 3.34. The molecule has 1 N–H and O–H groups in total. The van der Waals surface area contributed by atoms with Crippen molar-refractivity contribution in [3.63, 3.8) is 0 Å². The van der Waals surface area contributed by atoms with Crippen molar-refractivity contribution in [2.75, 3.05) is 13.1 Å². The summed E-state index contributed by atoms with van der Waals surface area (Å²) in [5, 5.41) is 8.44. The van der Waals surface area contributed by atoms with Gasteiger partial charge in [-0.05, 0) is 31.4 Å². The maximum Gasteiger partial charge on any atom is 0.257 e. The molecule has 2 bridgehead atoms. The molecule has 2 saturated heterocycles. The third-order valence-corrected chi connectivity index (χ3v) is 5.82. The fourth-order valence-corrected chi connectivity index (χ4v) is 4.35. The lowest BCUT2D eigenvalue weighted by Gasteiger charge is -2.24. The van der Waals surface area contributed by atoms with Crippen LogP contribution in [-0.4, -0.2) is 45.8 Å². The lowest BCUT2D eigenvalue weighted by molar-refractivity contribution is 0.0749. The van der Waals surface area contributed by atoms with Crippen LogP contribution in [0.3, 0.4) is 0 Å². The summed E-state index contributed by atoms with van der Waals surface area (Å²) < 4.78 is 1.82. The summed E-state index contributed by atoms with van der Waals surface area (Å²) in [4.78, 5) is 15.5. The number of amides is 1. The van der Waals surface area contributed by atoms with Gasteiger partial charge in [0, 0.05) is 36.9 Å². The van der Waals surface area contributed by atoms with Crippen LogP contribution in [0.1, 0.15) is 29.6 Å². The predicted molar refractivity (Wildman–Crippen MR) is 109 cm³/mol. The van der Waals surface area contributed by atoms with E-state index < -0.39 is 0 Å². The van der Waals surface area contributed by atoms with Crippen LogP contribution in [0.15, 0.2) is 66.9 Å². The molecule has 0 radical (unpaired) electrons. The van der Waals surface area contributed by atoms with Gasteiger partial charge in [0.2, 0.25) is 0 Å². The summed E-state index contributed by atoms with van der Waals surface area (Å²) in [6, 6.07) is 20.9. The number of fused-ring (bicyclic) bond motifs is 2. The average Bonchev–Trinajstić information content (AvgIpc) is 3.32. The number of carbonyl (C=O) groups is 1. The highest BCUT2D eigenvalue weighted by atomic mass is 16.2. The molecule has 2 aromatic carbocycles. The molecule has 0 saturated carbocycles. The first-order valence-corrected chi connectivity index (χ1v) is 10.0. The van der Waals surface area contributed by atoms with E-state index >= 15 is 0 Å². The van der Waals surface area contributed by atoms with Gasteiger partial charge in [-0.1, -0.05) is 48.5 Å². The van der Waals surface area contributed by atoms with Crippen LogP contribution in [0.2, 0.25) is 0 Å². The van der Waals surface area contributed by atoms with Crippen molar-refractivity contribution in [3.8, 4) is 16.9 Å². The normalized spacial score (nSPS) is 21.5. The minimum Gasteiger partial charge on any atom is -0.337 e. The Bertz CT molecular complexity index is 967. The second-order valence-electron chi connectivity index (χ2n) is 7.72. The monoisotopic (exact) mass is 372 g/mol. The molecule has 2 fully saturated rings. The molecule has 5 rings (SSSR count). The first-order chi connectivity index (χ1) is 13.8. The smallest absolute Gasteiger partial charge is 0.257 e. The molecule has 142 valence electrons. The number of rotatable bonds is 3. The molecule has 1 aromatic heterocycles. The zero-order chi connectivity index (χ0) is 18.9. The molecular weight excluding hydrogens is 348 g/mol. The van der Waals surface area contributed by atoms with E-state index in [0.717, 1.165) is 42.9 Å². The molecule has 2 atom stereocenters. The largest absolute Gasteiger partial charge is 0.337 e. The van der Waals surface area contributed by atoms with Crippen LogP contribution in [0.4, 0.5) is 0 Å². The van der Waals surface area contributed by atoms with Gasteiger partial charge in [0.15, 0.2) is 0 Å². The Hall–Kier alpha value is -2.92. The molecule has 5 heteroatoms. The summed E-state index contributed by atoms with van der Waals surface area (Å²) in [6.07, 6.45) is 5.30. The van der Waals surface area contributed by atoms with Gasteiger partial charge in [0.25, 0.3) is 5.91 Å². The van der Waals surface area contributed by atoms with Crippen molar-refractivity contribution in [2.45, 2.75) is 31.3 Å². The van der Waals surface area contributed by atoms with Crippen LogP contribution in [-0.2, 0) is 0 Å². The number of nitrogens with zero attached hydrogens (tertiary/aromatic N) is 3. The van der Waals surface area contributed by atoms with E-state index in [2.05, 4.69) is 5.32 Å². The molecule has 1 amide bonds. The molecule has 2 aliphatic rings. The van der Waals surface area contributed by atoms with Crippen LogP contribution >= 0.6 is 0 Å². The van der Waals surface area contributed by atoms with Crippen molar-refractivity contribution in [1.82, 2.24) is 20.0 Å². The maximum absolute atomic E-state index is 13.5. The van der Waals surface area contributed by atoms with E-state index in [-0.39, 0.29) is 5.91 Å². The highest BCUT2D eigenvalue weighted by molar-refractivity contribution is 6.00. The average molecular weight is 372 g/mol. The van der Waals surface area contributed by atoms with E-state index in [1.807, 2.05) is 76.4 Å². The number of nitrogens with one attached hydrogen (secondary N) is 1. The van der Waals surface area contributed by atoms with E-state index in [9.17, 15) is 4.79 Å². The second-order valence-corrected chi connectivity index (χ2v) is 7.72. The van der Waals surface area contributed by atoms with Gasteiger partial charge in [-0.3, -0.25) is 4.79 Å². The summed E-state index contributed by atoms with van der Waals surface area (Å²) in [7, 11) is 0. The zero-order valence-corrected chi connectivity index (χ0v) is 15.8. The number of hydrogen-bond acceptors (Lipinski definition) is 3. The van der Waals surface area contributed by atoms with E-state index in [4.69, 9.17) is 5.10 Å².